The predicted octanol–water partition coefficient (Wildman–Crippen LogP) is 4.50. The molecule has 2 aromatic carbocycles. The van der Waals surface area contributed by atoms with E-state index in [1.54, 1.807) is 6.07 Å². The molecule has 7 heteroatoms. The molecule has 146 valence electrons. The highest BCUT2D eigenvalue weighted by Gasteiger charge is 2.17. The molecule has 0 atom stereocenters. The quantitative estimate of drug-likeness (QED) is 0.472. The minimum Gasteiger partial charge on any atom is -0.489 e. The number of nitrogens with zero attached hydrogens (tertiary/aromatic N) is 4. The Kier molecular flexibility index (Phi) is 5.00. The van der Waals surface area contributed by atoms with E-state index >= 15 is 0 Å². The number of nitro groups is 1. The lowest BCUT2D eigenvalue weighted by Crippen LogP contribution is -2.18. The second kappa shape index (κ2) is 7.76. The van der Waals surface area contributed by atoms with Crippen LogP contribution in [0.5, 0.6) is 5.75 Å². The standard InChI is InChI=1S/C22H20N4O3/c1-15-10-22(25-8-2-3-9-25)19-7-4-16(11-20(19)24-15)14-29-18-6-5-17(13-23)21(12-18)26(27)28/h4-7,10-12H,2-3,8-9,14H2,1H3. The van der Waals surface area contributed by atoms with E-state index in [1.807, 2.05) is 25.1 Å². The minimum absolute atomic E-state index is 0.0159. The second-order valence-electron chi connectivity index (χ2n) is 7.16. The summed E-state index contributed by atoms with van der Waals surface area (Å²) in [6.07, 6.45) is 2.43. The van der Waals surface area contributed by atoms with E-state index in [0.29, 0.717) is 5.75 Å². The molecule has 4 rings (SSSR count). The maximum absolute atomic E-state index is 11.1. The topological polar surface area (TPSA) is 92.3 Å². The Morgan fingerprint density at radius 3 is 2.72 bits per heavy atom. The SMILES string of the molecule is Cc1cc(N2CCCC2)c2ccc(COc3ccc(C#N)c([N+](=O)[O-])c3)cc2n1. The number of nitro benzene ring substituents is 1. The van der Waals surface area contributed by atoms with Gasteiger partial charge in [0.2, 0.25) is 0 Å². The second-order valence-corrected chi connectivity index (χ2v) is 7.16. The van der Waals surface area contributed by atoms with E-state index in [-0.39, 0.29) is 17.9 Å². The van der Waals surface area contributed by atoms with Crippen LogP contribution >= 0.6 is 0 Å². The van der Waals surface area contributed by atoms with E-state index in [2.05, 4.69) is 22.0 Å². The number of pyridine rings is 1. The number of aryl methyl sites for hydroxylation is 1. The molecule has 0 unspecified atom stereocenters. The van der Waals surface area contributed by atoms with Crippen molar-refractivity contribution in [3.8, 4) is 11.8 Å². The minimum atomic E-state index is -0.575. The molecule has 1 saturated heterocycles. The Labute approximate surface area is 168 Å². The van der Waals surface area contributed by atoms with Crippen LogP contribution < -0.4 is 9.64 Å². The van der Waals surface area contributed by atoms with Gasteiger partial charge in [-0.3, -0.25) is 15.1 Å². The third-order valence-electron chi connectivity index (χ3n) is 5.12. The van der Waals surface area contributed by atoms with Gasteiger partial charge in [-0.15, -0.1) is 0 Å². The fourth-order valence-electron chi connectivity index (χ4n) is 3.71. The van der Waals surface area contributed by atoms with Gasteiger partial charge in [0.05, 0.1) is 16.5 Å². The van der Waals surface area contributed by atoms with Crippen molar-refractivity contribution in [2.75, 3.05) is 18.0 Å². The molecule has 1 aromatic heterocycles. The first-order valence-corrected chi connectivity index (χ1v) is 9.52. The molecule has 0 radical (unpaired) electrons. The molecular formula is C22H20N4O3. The monoisotopic (exact) mass is 388 g/mol. The molecule has 3 aromatic rings. The van der Waals surface area contributed by atoms with Crippen LogP contribution in [0.25, 0.3) is 10.9 Å². The first-order valence-electron chi connectivity index (χ1n) is 9.52. The molecule has 0 saturated carbocycles. The Morgan fingerprint density at radius 1 is 1.21 bits per heavy atom. The summed E-state index contributed by atoms with van der Waals surface area (Å²) in [6.45, 7) is 4.40. The summed E-state index contributed by atoms with van der Waals surface area (Å²) in [4.78, 5) is 17.6. The number of ether oxygens (including phenoxy) is 1. The van der Waals surface area contributed by atoms with Crippen LogP contribution in [0.4, 0.5) is 11.4 Å². The van der Waals surface area contributed by atoms with Crippen LogP contribution in [-0.4, -0.2) is 23.0 Å². The number of rotatable bonds is 5. The summed E-state index contributed by atoms with van der Waals surface area (Å²) in [5.74, 6) is 0.353. The number of aromatic nitrogens is 1. The van der Waals surface area contributed by atoms with Crippen molar-refractivity contribution >= 4 is 22.3 Å². The first kappa shape index (κ1) is 18.7. The van der Waals surface area contributed by atoms with Gasteiger partial charge in [-0.25, -0.2) is 0 Å². The number of benzene rings is 2. The molecule has 2 heterocycles. The highest BCUT2D eigenvalue weighted by Crippen LogP contribution is 2.30. The van der Waals surface area contributed by atoms with Gasteiger partial charge in [0, 0.05) is 29.9 Å². The molecule has 29 heavy (non-hydrogen) atoms. The fraction of sp³-hybridized carbons (Fsp3) is 0.273. The smallest absolute Gasteiger partial charge is 0.290 e. The van der Waals surface area contributed by atoms with Crippen molar-refractivity contribution in [3.63, 3.8) is 0 Å². The van der Waals surface area contributed by atoms with Crippen LogP contribution in [-0.2, 0) is 6.61 Å². The van der Waals surface area contributed by atoms with Gasteiger partial charge in [0.1, 0.15) is 24.0 Å². The van der Waals surface area contributed by atoms with Gasteiger partial charge in [0.15, 0.2) is 0 Å². The van der Waals surface area contributed by atoms with Gasteiger partial charge in [-0.1, -0.05) is 12.1 Å². The van der Waals surface area contributed by atoms with Gasteiger partial charge < -0.3 is 9.64 Å². The van der Waals surface area contributed by atoms with Crippen molar-refractivity contribution < 1.29 is 9.66 Å². The number of fused-ring (bicyclic) bond motifs is 1. The predicted molar refractivity (Wildman–Crippen MR) is 110 cm³/mol. The van der Waals surface area contributed by atoms with Crippen LogP contribution in [0.1, 0.15) is 29.7 Å². The lowest BCUT2D eigenvalue weighted by Gasteiger charge is -2.20. The summed E-state index contributed by atoms with van der Waals surface area (Å²) in [5, 5.41) is 21.2. The third kappa shape index (κ3) is 3.83. The first-order chi connectivity index (χ1) is 14.0. The van der Waals surface area contributed by atoms with E-state index in [4.69, 9.17) is 10.00 Å². The van der Waals surface area contributed by atoms with Crippen molar-refractivity contribution in [2.24, 2.45) is 0 Å². The lowest BCUT2D eigenvalue weighted by atomic mass is 10.1. The van der Waals surface area contributed by atoms with Crippen molar-refractivity contribution in [1.29, 1.82) is 5.26 Å². The molecule has 7 nitrogen and oxygen atoms in total. The molecule has 1 aliphatic rings. The maximum atomic E-state index is 11.1. The summed E-state index contributed by atoms with van der Waals surface area (Å²) >= 11 is 0. The summed E-state index contributed by atoms with van der Waals surface area (Å²) in [7, 11) is 0. The number of hydrogen-bond acceptors (Lipinski definition) is 6. The number of hydrogen-bond donors (Lipinski definition) is 0. The highest BCUT2D eigenvalue weighted by molar-refractivity contribution is 5.92. The average molecular weight is 388 g/mol. The zero-order valence-electron chi connectivity index (χ0n) is 16.1. The molecular weight excluding hydrogens is 368 g/mol. The largest absolute Gasteiger partial charge is 0.489 e. The van der Waals surface area contributed by atoms with Gasteiger partial charge >= 0.3 is 0 Å². The van der Waals surface area contributed by atoms with E-state index < -0.39 is 4.92 Å². The summed E-state index contributed by atoms with van der Waals surface area (Å²) in [6, 6.07) is 14.3. The van der Waals surface area contributed by atoms with E-state index in [0.717, 1.165) is 35.2 Å². The van der Waals surface area contributed by atoms with Gasteiger partial charge in [-0.2, -0.15) is 5.26 Å². The Bertz CT molecular complexity index is 1130. The van der Waals surface area contributed by atoms with Crippen LogP contribution in [0.2, 0.25) is 0 Å². The molecule has 0 amide bonds. The molecule has 1 fully saturated rings. The number of anilines is 1. The highest BCUT2D eigenvalue weighted by atomic mass is 16.6. The zero-order valence-corrected chi connectivity index (χ0v) is 16.1. The Morgan fingerprint density at radius 2 is 2.00 bits per heavy atom. The maximum Gasteiger partial charge on any atom is 0.290 e. The van der Waals surface area contributed by atoms with Gasteiger partial charge in [0.25, 0.3) is 5.69 Å². The van der Waals surface area contributed by atoms with Crippen molar-refractivity contribution in [3.05, 3.63) is 69.4 Å². The summed E-state index contributed by atoms with van der Waals surface area (Å²) in [5.41, 5.74) is 3.80. The van der Waals surface area contributed by atoms with Crippen LogP contribution in [0.3, 0.4) is 0 Å². The van der Waals surface area contributed by atoms with Crippen LogP contribution in [0.15, 0.2) is 42.5 Å². The van der Waals surface area contributed by atoms with E-state index in [9.17, 15) is 10.1 Å². The molecule has 0 bridgehead atoms. The Hall–Kier alpha value is -3.66. The van der Waals surface area contributed by atoms with Crippen molar-refractivity contribution in [2.45, 2.75) is 26.4 Å². The third-order valence-corrected chi connectivity index (χ3v) is 5.12. The zero-order chi connectivity index (χ0) is 20.4. The van der Waals surface area contributed by atoms with Crippen molar-refractivity contribution in [1.82, 2.24) is 4.98 Å². The normalized spacial score (nSPS) is 13.4. The molecule has 0 spiro atoms. The van der Waals surface area contributed by atoms with E-state index in [1.165, 1.54) is 30.7 Å². The number of nitriles is 1. The fourth-order valence-corrected chi connectivity index (χ4v) is 3.71. The lowest BCUT2D eigenvalue weighted by molar-refractivity contribution is -0.385. The average Bonchev–Trinajstić information content (AvgIpc) is 3.25. The Balaban J connectivity index is 1.59. The molecule has 0 N–H and O–H groups in total. The van der Waals surface area contributed by atoms with Gasteiger partial charge in [-0.05, 0) is 49.6 Å². The molecule has 0 aliphatic carbocycles. The van der Waals surface area contributed by atoms with Crippen LogP contribution in [0, 0.1) is 28.4 Å². The molecule has 1 aliphatic heterocycles. The summed E-state index contributed by atoms with van der Waals surface area (Å²) < 4.78 is 5.74.